The molecule has 0 spiro atoms. The van der Waals surface area contributed by atoms with E-state index in [0.717, 1.165) is 49.3 Å². The van der Waals surface area contributed by atoms with Crippen LogP contribution in [-0.2, 0) is 6.42 Å². The highest BCUT2D eigenvalue weighted by Gasteiger charge is 2.31. The number of rotatable bonds is 7. The van der Waals surface area contributed by atoms with Gasteiger partial charge in [-0.15, -0.1) is 0 Å². The Labute approximate surface area is 172 Å². The minimum Gasteiger partial charge on any atom is -0.348 e. The molecule has 1 atom stereocenters. The second-order valence-corrected chi connectivity index (χ2v) is 8.97. The van der Waals surface area contributed by atoms with Crippen LogP contribution in [-0.4, -0.2) is 41.1 Å². The molecule has 2 aromatic rings. The Morgan fingerprint density at radius 3 is 2.62 bits per heavy atom. The number of hydrogen-bond acceptors (Lipinski definition) is 3. The van der Waals surface area contributed by atoms with Gasteiger partial charge in [-0.25, -0.2) is 4.39 Å². The number of carbonyl (C=O) groups excluding carboxylic acids is 1. The van der Waals surface area contributed by atoms with Gasteiger partial charge in [-0.2, -0.15) is 5.10 Å². The van der Waals surface area contributed by atoms with Crippen LogP contribution in [0.4, 0.5) is 4.39 Å². The number of benzene rings is 1. The van der Waals surface area contributed by atoms with Crippen molar-refractivity contribution in [2.45, 2.75) is 57.0 Å². The van der Waals surface area contributed by atoms with E-state index in [2.05, 4.69) is 34.5 Å². The number of hydrogen-bond donors (Lipinski definition) is 2. The molecule has 0 aliphatic heterocycles. The second-order valence-electron chi connectivity index (χ2n) is 8.97. The summed E-state index contributed by atoms with van der Waals surface area (Å²) in [4.78, 5) is 14.8. The number of carbonyl (C=O) groups is 1. The van der Waals surface area contributed by atoms with E-state index >= 15 is 0 Å². The van der Waals surface area contributed by atoms with Crippen molar-refractivity contribution in [1.29, 1.82) is 0 Å². The second kappa shape index (κ2) is 8.66. The predicted molar refractivity (Wildman–Crippen MR) is 111 cm³/mol. The van der Waals surface area contributed by atoms with Crippen molar-refractivity contribution in [3.05, 3.63) is 53.1 Å². The van der Waals surface area contributed by atoms with E-state index in [4.69, 9.17) is 0 Å². The minimum atomic E-state index is -0.185. The van der Waals surface area contributed by atoms with Gasteiger partial charge in [0.1, 0.15) is 11.5 Å². The molecule has 0 radical (unpaired) electrons. The number of nitrogens with one attached hydrogen (secondary N) is 2. The molecule has 1 heterocycles. The van der Waals surface area contributed by atoms with Gasteiger partial charge in [-0.3, -0.25) is 9.89 Å². The molecule has 2 fully saturated rings. The first-order valence-corrected chi connectivity index (χ1v) is 10.8. The van der Waals surface area contributed by atoms with E-state index in [0.29, 0.717) is 11.6 Å². The first-order valence-electron chi connectivity index (χ1n) is 10.8. The summed E-state index contributed by atoms with van der Waals surface area (Å²) < 4.78 is 13.7. The number of aromatic nitrogens is 2. The summed E-state index contributed by atoms with van der Waals surface area (Å²) in [6, 6.07) is 9.21. The van der Waals surface area contributed by atoms with E-state index < -0.39 is 0 Å². The zero-order chi connectivity index (χ0) is 20.4. The Morgan fingerprint density at radius 1 is 1.21 bits per heavy atom. The monoisotopic (exact) mass is 398 g/mol. The van der Waals surface area contributed by atoms with Gasteiger partial charge < -0.3 is 10.2 Å². The van der Waals surface area contributed by atoms with E-state index in [1.807, 2.05) is 12.1 Å². The van der Waals surface area contributed by atoms with Crippen LogP contribution in [0.25, 0.3) is 0 Å². The molecule has 29 heavy (non-hydrogen) atoms. The van der Waals surface area contributed by atoms with Crippen molar-refractivity contribution < 1.29 is 9.18 Å². The summed E-state index contributed by atoms with van der Waals surface area (Å²) in [6.07, 6.45) is 7.47. The molecule has 0 saturated heterocycles. The predicted octanol–water partition coefficient (Wildman–Crippen LogP) is 4.09. The summed E-state index contributed by atoms with van der Waals surface area (Å²) >= 11 is 0. The highest BCUT2D eigenvalue weighted by molar-refractivity contribution is 5.92. The lowest BCUT2D eigenvalue weighted by atomic mass is 9.78. The zero-order valence-electron chi connectivity index (χ0n) is 17.3. The fraction of sp³-hybridized carbons (Fsp3) is 0.565. The fourth-order valence-electron chi connectivity index (χ4n) is 4.74. The number of amides is 1. The highest BCUT2D eigenvalue weighted by Crippen LogP contribution is 2.37. The zero-order valence-corrected chi connectivity index (χ0v) is 17.3. The summed E-state index contributed by atoms with van der Waals surface area (Å²) in [6.45, 7) is 0. The van der Waals surface area contributed by atoms with Crippen molar-refractivity contribution in [2.24, 2.45) is 11.8 Å². The summed E-state index contributed by atoms with van der Waals surface area (Å²) in [5.41, 5.74) is 2.58. The first-order chi connectivity index (χ1) is 14.0. The standard InChI is InChI=1S/C23H31FN4O/c1-28(2)22(17-4-3-5-18(24)13-17)16-8-10-19(11-9-16)25-23(29)21-14-20(26-27-21)12-15-6-7-15/h3-5,13-16,19,22H,6-12H2,1-2H3,(H,25,29)(H,26,27). The van der Waals surface area contributed by atoms with Crippen LogP contribution in [0.15, 0.2) is 30.3 Å². The molecule has 2 saturated carbocycles. The Bertz CT molecular complexity index is 837. The largest absolute Gasteiger partial charge is 0.348 e. The lowest BCUT2D eigenvalue weighted by Gasteiger charge is -2.37. The van der Waals surface area contributed by atoms with E-state index in [1.165, 1.54) is 18.9 Å². The number of halogens is 1. The molecule has 1 unspecified atom stereocenters. The van der Waals surface area contributed by atoms with Crippen LogP contribution in [0.3, 0.4) is 0 Å². The lowest BCUT2D eigenvalue weighted by molar-refractivity contribution is 0.0901. The van der Waals surface area contributed by atoms with Crippen LogP contribution in [0, 0.1) is 17.7 Å². The van der Waals surface area contributed by atoms with Gasteiger partial charge >= 0.3 is 0 Å². The Balaban J connectivity index is 1.32. The molecule has 2 aliphatic rings. The first kappa shape index (κ1) is 20.1. The third-order valence-electron chi connectivity index (χ3n) is 6.37. The van der Waals surface area contributed by atoms with Crippen LogP contribution >= 0.6 is 0 Å². The molecule has 2 aliphatic carbocycles. The van der Waals surface area contributed by atoms with Crippen LogP contribution in [0.2, 0.25) is 0 Å². The smallest absolute Gasteiger partial charge is 0.271 e. The summed E-state index contributed by atoms with van der Waals surface area (Å²) in [5.74, 6) is 0.955. The lowest BCUT2D eigenvalue weighted by Crippen LogP contribution is -2.40. The van der Waals surface area contributed by atoms with Crippen LogP contribution in [0.1, 0.15) is 66.3 Å². The van der Waals surface area contributed by atoms with Crippen molar-refractivity contribution in [1.82, 2.24) is 20.4 Å². The maximum atomic E-state index is 13.7. The third kappa shape index (κ3) is 5.04. The van der Waals surface area contributed by atoms with Crippen LogP contribution in [0.5, 0.6) is 0 Å². The minimum absolute atomic E-state index is 0.0824. The van der Waals surface area contributed by atoms with Crippen molar-refractivity contribution >= 4 is 5.91 Å². The van der Waals surface area contributed by atoms with Gasteiger partial charge in [0.25, 0.3) is 5.91 Å². The molecule has 156 valence electrons. The van der Waals surface area contributed by atoms with Gasteiger partial charge in [0.2, 0.25) is 0 Å². The quantitative estimate of drug-likeness (QED) is 0.738. The Kier molecular flexibility index (Phi) is 5.99. The Hall–Kier alpha value is -2.21. The average Bonchev–Trinajstić information content (AvgIpc) is 3.37. The Morgan fingerprint density at radius 2 is 1.97 bits per heavy atom. The van der Waals surface area contributed by atoms with E-state index in [-0.39, 0.29) is 23.8 Å². The molecule has 6 heteroatoms. The van der Waals surface area contributed by atoms with Gasteiger partial charge in [0.05, 0.1) is 0 Å². The highest BCUT2D eigenvalue weighted by atomic mass is 19.1. The maximum absolute atomic E-state index is 13.7. The topological polar surface area (TPSA) is 61.0 Å². The third-order valence-corrected chi connectivity index (χ3v) is 6.37. The molecular formula is C23H31FN4O. The molecule has 1 aromatic heterocycles. The van der Waals surface area contributed by atoms with Gasteiger partial charge in [-0.05, 0) is 94.6 Å². The normalized spacial score (nSPS) is 23.2. The maximum Gasteiger partial charge on any atom is 0.271 e. The molecule has 1 amide bonds. The van der Waals surface area contributed by atoms with Crippen molar-refractivity contribution in [2.75, 3.05) is 14.1 Å². The van der Waals surface area contributed by atoms with E-state index in [9.17, 15) is 9.18 Å². The van der Waals surface area contributed by atoms with Gasteiger partial charge in [0, 0.05) is 17.8 Å². The molecule has 5 nitrogen and oxygen atoms in total. The molecule has 2 N–H and O–H groups in total. The number of aromatic amines is 1. The fourth-order valence-corrected chi connectivity index (χ4v) is 4.74. The van der Waals surface area contributed by atoms with Crippen molar-refractivity contribution in [3.8, 4) is 0 Å². The molecule has 1 aromatic carbocycles. The summed E-state index contributed by atoms with van der Waals surface area (Å²) in [5, 5.41) is 10.4. The number of H-pyrrole nitrogens is 1. The van der Waals surface area contributed by atoms with Gasteiger partial charge in [-0.1, -0.05) is 12.1 Å². The SMILES string of the molecule is CN(C)C(c1cccc(F)c1)C1CCC(NC(=O)c2cc(CC3CC3)[nH]n2)CC1. The van der Waals surface area contributed by atoms with E-state index in [1.54, 1.807) is 12.1 Å². The van der Waals surface area contributed by atoms with Gasteiger partial charge in [0.15, 0.2) is 0 Å². The molecule has 4 rings (SSSR count). The average molecular weight is 399 g/mol. The summed E-state index contributed by atoms with van der Waals surface area (Å²) in [7, 11) is 4.11. The van der Waals surface area contributed by atoms with Crippen LogP contribution < -0.4 is 5.32 Å². The molecular weight excluding hydrogens is 367 g/mol. The van der Waals surface area contributed by atoms with Crippen molar-refractivity contribution in [3.63, 3.8) is 0 Å². The number of nitrogens with zero attached hydrogens (tertiary/aromatic N) is 2. The molecule has 0 bridgehead atoms.